The first-order valence-corrected chi connectivity index (χ1v) is 4.95. The normalized spacial score (nSPS) is 18.9. The molecule has 0 saturated carbocycles. The molecule has 0 aliphatic carbocycles. The molecule has 0 bridgehead atoms. The quantitative estimate of drug-likeness (QED) is 0.754. The average Bonchev–Trinajstić information content (AvgIpc) is 2.50. The lowest BCUT2D eigenvalue weighted by molar-refractivity contribution is 0.125. The Bertz CT molecular complexity index is 304. The molecule has 2 N–H and O–H groups in total. The maximum atomic E-state index is 5.67. The highest BCUT2D eigenvalue weighted by molar-refractivity contribution is 4.93. The standard InChI is InChI=1S/C9H16N4O/c1-6(2)9-11-8(14-12-9)5-13-3-7(10)4-13/h6-7H,3-5,10H2,1-2H3. The van der Waals surface area contributed by atoms with Crippen LogP contribution in [0.1, 0.15) is 31.5 Å². The molecular weight excluding hydrogens is 180 g/mol. The zero-order valence-corrected chi connectivity index (χ0v) is 8.60. The summed E-state index contributed by atoms with van der Waals surface area (Å²) in [6, 6.07) is 0.322. The Labute approximate surface area is 83.3 Å². The molecule has 0 unspecified atom stereocenters. The summed E-state index contributed by atoms with van der Waals surface area (Å²) < 4.78 is 5.12. The fourth-order valence-corrected chi connectivity index (χ4v) is 1.50. The second kappa shape index (κ2) is 3.67. The van der Waals surface area contributed by atoms with Gasteiger partial charge < -0.3 is 10.3 Å². The van der Waals surface area contributed by atoms with Crippen molar-refractivity contribution in [1.29, 1.82) is 0 Å². The molecule has 1 aliphatic heterocycles. The van der Waals surface area contributed by atoms with Gasteiger partial charge in [-0.15, -0.1) is 0 Å². The maximum Gasteiger partial charge on any atom is 0.240 e. The molecule has 1 aromatic rings. The minimum atomic E-state index is 0.322. The second-order valence-corrected chi connectivity index (χ2v) is 4.16. The molecule has 78 valence electrons. The monoisotopic (exact) mass is 196 g/mol. The van der Waals surface area contributed by atoms with E-state index in [1.54, 1.807) is 0 Å². The minimum absolute atomic E-state index is 0.322. The van der Waals surface area contributed by atoms with Crippen LogP contribution in [-0.2, 0) is 6.54 Å². The van der Waals surface area contributed by atoms with E-state index in [1.807, 2.05) is 13.8 Å². The van der Waals surface area contributed by atoms with Crippen LogP contribution >= 0.6 is 0 Å². The lowest BCUT2D eigenvalue weighted by atomic mass is 10.1. The molecule has 1 aliphatic rings. The van der Waals surface area contributed by atoms with Gasteiger partial charge in [0.25, 0.3) is 0 Å². The first-order chi connectivity index (χ1) is 6.65. The van der Waals surface area contributed by atoms with E-state index in [-0.39, 0.29) is 0 Å². The number of aromatic nitrogens is 2. The van der Waals surface area contributed by atoms with Gasteiger partial charge in [0.1, 0.15) is 0 Å². The van der Waals surface area contributed by atoms with Gasteiger partial charge in [0.2, 0.25) is 5.89 Å². The molecule has 0 atom stereocenters. The zero-order valence-electron chi connectivity index (χ0n) is 8.60. The van der Waals surface area contributed by atoms with Gasteiger partial charge in [0.15, 0.2) is 5.82 Å². The predicted octanol–water partition coefficient (Wildman–Crippen LogP) is 0.336. The van der Waals surface area contributed by atoms with Crippen molar-refractivity contribution in [2.75, 3.05) is 13.1 Å². The van der Waals surface area contributed by atoms with Crippen LogP contribution in [0.3, 0.4) is 0 Å². The topological polar surface area (TPSA) is 68.2 Å². The third-order valence-corrected chi connectivity index (χ3v) is 2.34. The SMILES string of the molecule is CC(C)c1noc(CN2CC(N)C2)n1. The molecule has 1 saturated heterocycles. The van der Waals surface area contributed by atoms with Gasteiger partial charge in [-0.2, -0.15) is 4.98 Å². The molecule has 5 nitrogen and oxygen atoms in total. The van der Waals surface area contributed by atoms with Crippen LogP contribution in [0.5, 0.6) is 0 Å². The van der Waals surface area contributed by atoms with Crippen LogP contribution in [-0.4, -0.2) is 34.2 Å². The maximum absolute atomic E-state index is 5.67. The van der Waals surface area contributed by atoms with Crippen molar-refractivity contribution >= 4 is 0 Å². The largest absolute Gasteiger partial charge is 0.338 e. The number of hydrogen-bond donors (Lipinski definition) is 1. The van der Waals surface area contributed by atoms with E-state index in [0.29, 0.717) is 17.9 Å². The van der Waals surface area contributed by atoms with E-state index in [9.17, 15) is 0 Å². The zero-order chi connectivity index (χ0) is 10.1. The summed E-state index contributed by atoms with van der Waals surface area (Å²) in [5, 5.41) is 3.90. The Morgan fingerprint density at radius 2 is 2.29 bits per heavy atom. The first-order valence-electron chi connectivity index (χ1n) is 4.95. The van der Waals surface area contributed by atoms with Crippen molar-refractivity contribution in [3.05, 3.63) is 11.7 Å². The van der Waals surface area contributed by atoms with Crippen molar-refractivity contribution in [3.63, 3.8) is 0 Å². The third kappa shape index (κ3) is 1.93. The summed E-state index contributed by atoms with van der Waals surface area (Å²) in [5.41, 5.74) is 5.67. The van der Waals surface area contributed by atoms with Crippen LogP contribution in [0.15, 0.2) is 4.52 Å². The Morgan fingerprint density at radius 3 is 2.79 bits per heavy atom. The Kier molecular flexibility index (Phi) is 2.52. The van der Waals surface area contributed by atoms with Gasteiger partial charge in [0.05, 0.1) is 6.54 Å². The molecule has 0 radical (unpaired) electrons. The number of hydrogen-bond acceptors (Lipinski definition) is 5. The second-order valence-electron chi connectivity index (χ2n) is 4.16. The Hall–Kier alpha value is -0.940. The van der Waals surface area contributed by atoms with E-state index in [1.165, 1.54) is 0 Å². The number of likely N-dealkylation sites (tertiary alicyclic amines) is 1. The van der Waals surface area contributed by atoms with Crippen molar-refractivity contribution in [2.24, 2.45) is 5.73 Å². The van der Waals surface area contributed by atoms with Crippen LogP contribution < -0.4 is 5.73 Å². The number of nitrogens with zero attached hydrogens (tertiary/aromatic N) is 3. The molecular formula is C9H16N4O. The fraction of sp³-hybridized carbons (Fsp3) is 0.778. The van der Waals surface area contributed by atoms with Crippen molar-refractivity contribution in [1.82, 2.24) is 15.0 Å². The van der Waals surface area contributed by atoms with Gasteiger partial charge >= 0.3 is 0 Å². The van der Waals surface area contributed by atoms with Crippen LogP contribution in [0, 0.1) is 0 Å². The molecule has 14 heavy (non-hydrogen) atoms. The Balaban J connectivity index is 1.90. The lowest BCUT2D eigenvalue weighted by Crippen LogP contribution is -2.54. The predicted molar refractivity (Wildman–Crippen MR) is 51.6 cm³/mol. The summed E-state index contributed by atoms with van der Waals surface area (Å²) in [6.45, 7) is 6.69. The van der Waals surface area contributed by atoms with E-state index >= 15 is 0 Å². The average molecular weight is 196 g/mol. The molecule has 1 fully saturated rings. The van der Waals surface area contributed by atoms with Gasteiger partial charge in [-0.1, -0.05) is 19.0 Å². The van der Waals surface area contributed by atoms with Crippen LogP contribution in [0.25, 0.3) is 0 Å². The van der Waals surface area contributed by atoms with Gasteiger partial charge in [-0.05, 0) is 0 Å². The van der Waals surface area contributed by atoms with Crippen molar-refractivity contribution in [2.45, 2.75) is 32.4 Å². The van der Waals surface area contributed by atoms with E-state index < -0.39 is 0 Å². The van der Waals surface area contributed by atoms with Crippen LogP contribution in [0.4, 0.5) is 0 Å². The highest BCUT2D eigenvalue weighted by atomic mass is 16.5. The molecule has 2 heterocycles. The number of nitrogens with two attached hydrogens (primary N) is 1. The highest BCUT2D eigenvalue weighted by Crippen LogP contribution is 2.13. The highest BCUT2D eigenvalue weighted by Gasteiger charge is 2.24. The summed E-state index contributed by atoms with van der Waals surface area (Å²) in [7, 11) is 0. The fourth-order valence-electron chi connectivity index (χ4n) is 1.50. The molecule has 5 heteroatoms. The van der Waals surface area contributed by atoms with E-state index in [4.69, 9.17) is 10.3 Å². The lowest BCUT2D eigenvalue weighted by Gasteiger charge is -2.35. The first kappa shape index (κ1) is 9.61. The molecule has 0 amide bonds. The summed E-state index contributed by atoms with van der Waals surface area (Å²) in [4.78, 5) is 6.49. The van der Waals surface area contributed by atoms with E-state index in [2.05, 4.69) is 15.0 Å². The minimum Gasteiger partial charge on any atom is -0.338 e. The van der Waals surface area contributed by atoms with Gasteiger partial charge in [-0.25, -0.2) is 0 Å². The molecule has 0 aromatic carbocycles. The van der Waals surface area contributed by atoms with Gasteiger partial charge in [-0.3, -0.25) is 4.90 Å². The molecule has 1 aromatic heterocycles. The summed E-state index contributed by atoms with van der Waals surface area (Å²) >= 11 is 0. The van der Waals surface area contributed by atoms with Gasteiger partial charge in [0, 0.05) is 25.0 Å². The number of rotatable bonds is 3. The van der Waals surface area contributed by atoms with Crippen molar-refractivity contribution in [3.8, 4) is 0 Å². The Morgan fingerprint density at radius 1 is 1.57 bits per heavy atom. The summed E-state index contributed by atoms with van der Waals surface area (Å²) in [6.07, 6.45) is 0. The van der Waals surface area contributed by atoms with Crippen molar-refractivity contribution < 1.29 is 4.52 Å². The molecule has 2 rings (SSSR count). The molecule has 0 spiro atoms. The van der Waals surface area contributed by atoms with E-state index in [0.717, 1.165) is 25.5 Å². The third-order valence-electron chi connectivity index (χ3n) is 2.34. The summed E-state index contributed by atoms with van der Waals surface area (Å²) in [5.74, 6) is 1.80. The smallest absolute Gasteiger partial charge is 0.240 e. The van der Waals surface area contributed by atoms with Crippen LogP contribution in [0.2, 0.25) is 0 Å².